The van der Waals surface area contributed by atoms with Crippen molar-refractivity contribution >= 4 is 29.1 Å². The topological polar surface area (TPSA) is 83.9 Å². The number of hydrogen-bond donors (Lipinski definition) is 1. The molecule has 7 heteroatoms. The molecule has 1 aliphatic rings. The predicted molar refractivity (Wildman–Crippen MR) is 125 cm³/mol. The molecule has 1 N–H and O–H groups in total. The van der Waals surface area contributed by atoms with E-state index in [0.717, 1.165) is 23.3 Å². The Balaban J connectivity index is 1.90. The van der Waals surface area contributed by atoms with E-state index in [-0.39, 0.29) is 11.1 Å². The molecule has 3 aromatic rings. The molecule has 1 atom stereocenters. The van der Waals surface area contributed by atoms with E-state index in [9.17, 15) is 23.9 Å². The number of nitrogens with zero attached hydrogens (tertiary/aromatic N) is 1. The first-order chi connectivity index (χ1) is 16.2. The zero-order chi connectivity index (χ0) is 24.6. The van der Waals surface area contributed by atoms with Gasteiger partial charge in [0.05, 0.1) is 11.6 Å². The molecule has 4 rings (SSSR count). The number of ketones is 1. The summed E-state index contributed by atoms with van der Waals surface area (Å²) >= 11 is 0. The van der Waals surface area contributed by atoms with Crippen molar-refractivity contribution in [2.45, 2.75) is 26.8 Å². The molecule has 1 aliphatic heterocycles. The van der Waals surface area contributed by atoms with E-state index in [4.69, 9.17) is 4.74 Å². The summed E-state index contributed by atoms with van der Waals surface area (Å²) in [6.45, 7) is 5.12. The Morgan fingerprint density at radius 1 is 0.941 bits per heavy atom. The highest BCUT2D eigenvalue weighted by molar-refractivity contribution is 6.51. The number of carbonyl (C=O) groups excluding carboxylic acids is 3. The van der Waals surface area contributed by atoms with Gasteiger partial charge in [-0.05, 0) is 79.1 Å². The van der Waals surface area contributed by atoms with Crippen LogP contribution < -0.4 is 9.64 Å². The number of hydrogen-bond acceptors (Lipinski definition) is 5. The molecule has 0 spiro atoms. The van der Waals surface area contributed by atoms with Crippen molar-refractivity contribution in [3.63, 3.8) is 0 Å². The highest BCUT2D eigenvalue weighted by atomic mass is 19.1. The van der Waals surface area contributed by atoms with Crippen LogP contribution in [-0.4, -0.2) is 22.8 Å². The van der Waals surface area contributed by atoms with Crippen LogP contribution in [0, 0.1) is 19.7 Å². The molecule has 0 aromatic heterocycles. The number of anilines is 1. The highest BCUT2D eigenvalue weighted by Gasteiger charge is 2.47. The number of rotatable bonds is 4. The molecule has 3 aromatic carbocycles. The quantitative estimate of drug-likeness (QED) is 0.195. The van der Waals surface area contributed by atoms with Crippen molar-refractivity contribution in [2.24, 2.45) is 0 Å². The van der Waals surface area contributed by atoms with Gasteiger partial charge < -0.3 is 9.84 Å². The number of halogens is 1. The van der Waals surface area contributed by atoms with Crippen LogP contribution in [0.1, 0.15) is 35.2 Å². The van der Waals surface area contributed by atoms with Gasteiger partial charge in [0.25, 0.3) is 11.7 Å². The summed E-state index contributed by atoms with van der Waals surface area (Å²) in [7, 11) is 0. The SMILES string of the molecule is CC(=O)Oc1ccc(C2/C(=C(\O)c3ccc(F)cc3)C(=O)C(=O)N2c2ccc(C)c(C)c2)cc1. The van der Waals surface area contributed by atoms with Crippen molar-refractivity contribution in [3.8, 4) is 5.75 Å². The van der Waals surface area contributed by atoms with E-state index < -0.39 is 35.3 Å². The Hall–Kier alpha value is -4.26. The molecule has 0 aliphatic carbocycles. The first-order valence-electron chi connectivity index (χ1n) is 10.6. The van der Waals surface area contributed by atoms with Gasteiger partial charge in [-0.25, -0.2) is 4.39 Å². The summed E-state index contributed by atoms with van der Waals surface area (Å²) in [5, 5.41) is 11.1. The maximum absolute atomic E-state index is 13.4. The minimum Gasteiger partial charge on any atom is -0.507 e. The Morgan fingerprint density at radius 3 is 2.18 bits per heavy atom. The van der Waals surface area contributed by atoms with Crippen molar-refractivity contribution in [1.82, 2.24) is 0 Å². The summed E-state index contributed by atoms with van der Waals surface area (Å²) in [4.78, 5) is 39.0. The molecule has 0 bridgehead atoms. The summed E-state index contributed by atoms with van der Waals surface area (Å²) in [5.41, 5.74) is 3.07. The average Bonchev–Trinajstić information content (AvgIpc) is 3.06. The van der Waals surface area contributed by atoms with Gasteiger partial charge in [-0.3, -0.25) is 19.3 Å². The molecule has 1 saturated heterocycles. The number of aryl methyl sites for hydroxylation is 2. The van der Waals surface area contributed by atoms with Gasteiger partial charge in [0.1, 0.15) is 17.3 Å². The van der Waals surface area contributed by atoms with E-state index in [0.29, 0.717) is 17.0 Å². The fourth-order valence-corrected chi connectivity index (χ4v) is 3.94. The number of aliphatic hydroxyl groups is 1. The van der Waals surface area contributed by atoms with E-state index in [1.54, 1.807) is 36.4 Å². The molecular formula is C27H22FNO5. The van der Waals surface area contributed by atoms with Crippen molar-refractivity contribution < 1.29 is 28.6 Å². The molecule has 1 amide bonds. The molecular weight excluding hydrogens is 437 g/mol. The van der Waals surface area contributed by atoms with E-state index in [1.807, 2.05) is 19.9 Å². The van der Waals surface area contributed by atoms with Crippen molar-refractivity contribution in [1.29, 1.82) is 0 Å². The maximum Gasteiger partial charge on any atom is 0.308 e. The van der Waals surface area contributed by atoms with Crippen LogP contribution in [0.3, 0.4) is 0 Å². The number of aliphatic hydroxyl groups excluding tert-OH is 1. The molecule has 1 unspecified atom stereocenters. The molecule has 172 valence electrons. The fraction of sp³-hybridized carbons (Fsp3) is 0.148. The molecule has 1 fully saturated rings. The minimum absolute atomic E-state index is 0.116. The van der Waals surface area contributed by atoms with Gasteiger partial charge in [-0.15, -0.1) is 0 Å². The summed E-state index contributed by atoms with van der Waals surface area (Å²) < 4.78 is 18.5. The maximum atomic E-state index is 13.4. The summed E-state index contributed by atoms with van der Waals surface area (Å²) in [6.07, 6.45) is 0. The lowest BCUT2D eigenvalue weighted by Gasteiger charge is -2.26. The largest absolute Gasteiger partial charge is 0.507 e. The molecule has 34 heavy (non-hydrogen) atoms. The molecule has 0 saturated carbocycles. The lowest BCUT2D eigenvalue weighted by Crippen LogP contribution is -2.29. The molecule has 6 nitrogen and oxygen atoms in total. The second-order valence-corrected chi connectivity index (χ2v) is 8.11. The normalized spacial score (nSPS) is 17.2. The Morgan fingerprint density at radius 2 is 1.59 bits per heavy atom. The Bertz CT molecular complexity index is 1330. The Kier molecular flexibility index (Phi) is 6.03. The first kappa shape index (κ1) is 22.9. The zero-order valence-corrected chi connectivity index (χ0v) is 18.8. The standard InChI is InChI=1S/C27H22FNO5/c1-15-4-11-21(14-16(15)2)29-24(18-7-12-22(13-8-18)34-17(3)30)23(26(32)27(29)33)25(31)19-5-9-20(28)10-6-19/h4-14,24,31H,1-3H3/b25-23+. The smallest absolute Gasteiger partial charge is 0.308 e. The minimum atomic E-state index is -0.946. The van der Waals surface area contributed by atoms with Crippen LogP contribution in [0.2, 0.25) is 0 Å². The number of esters is 1. The number of carbonyl (C=O) groups is 3. The van der Waals surface area contributed by atoms with Crippen LogP contribution in [0.25, 0.3) is 5.76 Å². The monoisotopic (exact) mass is 459 g/mol. The summed E-state index contributed by atoms with van der Waals surface area (Å²) in [5.74, 6) is -2.72. The van der Waals surface area contributed by atoms with E-state index in [2.05, 4.69) is 0 Å². The fourth-order valence-electron chi connectivity index (χ4n) is 3.94. The van der Waals surface area contributed by atoms with Crippen LogP contribution in [0.15, 0.2) is 72.3 Å². The molecule has 0 radical (unpaired) electrons. The lowest BCUT2D eigenvalue weighted by atomic mass is 9.95. The second kappa shape index (κ2) is 8.94. The highest BCUT2D eigenvalue weighted by Crippen LogP contribution is 2.42. The van der Waals surface area contributed by atoms with Crippen molar-refractivity contribution in [2.75, 3.05) is 4.90 Å². The van der Waals surface area contributed by atoms with Crippen LogP contribution >= 0.6 is 0 Å². The number of benzene rings is 3. The van der Waals surface area contributed by atoms with Crippen LogP contribution in [-0.2, 0) is 14.4 Å². The van der Waals surface area contributed by atoms with Crippen LogP contribution in [0.4, 0.5) is 10.1 Å². The van der Waals surface area contributed by atoms with Gasteiger partial charge in [0.15, 0.2) is 0 Å². The number of amides is 1. The van der Waals surface area contributed by atoms with Crippen molar-refractivity contribution in [3.05, 3.63) is 100 Å². The third kappa shape index (κ3) is 4.20. The number of ether oxygens (including phenoxy) is 1. The average molecular weight is 459 g/mol. The summed E-state index contributed by atoms with van der Waals surface area (Å²) in [6, 6.07) is 15.8. The number of Topliss-reactive ketones (excluding diaryl/α,β-unsaturated/α-hetero) is 1. The zero-order valence-electron chi connectivity index (χ0n) is 18.8. The second-order valence-electron chi connectivity index (χ2n) is 8.11. The van der Waals surface area contributed by atoms with Gasteiger partial charge in [0, 0.05) is 18.2 Å². The van der Waals surface area contributed by atoms with E-state index in [1.165, 1.54) is 24.0 Å². The van der Waals surface area contributed by atoms with Crippen LogP contribution in [0.5, 0.6) is 5.75 Å². The third-order valence-corrected chi connectivity index (χ3v) is 5.79. The first-order valence-corrected chi connectivity index (χ1v) is 10.6. The lowest BCUT2D eigenvalue weighted by molar-refractivity contribution is -0.132. The predicted octanol–water partition coefficient (Wildman–Crippen LogP) is 4.99. The van der Waals surface area contributed by atoms with Gasteiger partial charge >= 0.3 is 5.97 Å². The van der Waals surface area contributed by atoms with Gasteiger partial charge in [-0.2, -0.15) is 0 Å². The molecule has 1 heterocycles. The van der Waals surface area contributed by atoms with E-state index >= 15 is 0 Å². The van der Waals surface area contributed by atoms with Gasteiger partial charge in [-0.1, -0.05) is 18.2 Å². The third-order valence-electron chi connectivity index (χ3n) is 5.79. The Labute approximate surface area is 195 Å². The van der Waals surface area contributed by atoms with Gasteiger partial charge in [0.2, 0.25) is 0 Å².